The molecule has 0 aliphatic carbocycles. The molecule has 1 N–H and O–H groups in total. The van der Waals surface area contributed by atoms with Crippen molar-refractivity contribution in [2.45, 2.75) is 43.4 Å². The number of hydrogen-bond donors (Lipinski definition) is 1. The average Bonchev–Trinajstić information content (AvgIpc) is 2.92. The smallest absolute Gasteiger partial charge is 0.252 e. The van der Waals surface area contributed by atoms with Gasteiger partial charge in [0.25, 0.3) is 10.0 Å². The second-order valence-corrected chi connectivity index (χ2v) is 8.89. The van der Waals surface area contributed by atoms with E-state index in [1.807, 2.05) is 13.8 Å². The van der Waals surface area contributed by atoms with Crippen LogP contribution in [0.25, 0.3) is 0 Å². The van der Waals surface area contributed by atoms with Crippen molar-refractivity contribution in [2.75, 3.05) is 13.1 Å². The van der Waals surface area contributed by atoms with E-state index in [1.54, 1.807) is 17.5 Å². The van der Waals surface area contributed by atoms with E-state index >= 15 is 0 Å². The van der Waals surface area contributed by atoms with Crippen molar-refractivity contribution in [3.8, 4) is 0 Å². The number of nitrogens with one attached hydrogen (secondary N) is 1. The summed E-state index contributed by atoms with van der Waals surface area (Å²) in [5, 5.41) is 4.77. The Morgan fingerprint density at radius 2 is 2.10 bits per heavy atom. The van der Waals surface area contributed by atoms with Gasteiger partial charge in [-0.15, -0.1) is 11.3 Å². The summed E-state index contributed by atoms with van der Waals surface area (Å²) in [6.07, 6.45) is 1.87. The number of piperidine rings is 1. The fourth-order valence-corrected chi connectivity index (χ4v) is 5.05. The average molecular weight is 330 g/mol. The molecule has 7 heteroatoms. The van der Waals surface area contributed by atoms with Gasteiger partial charge in [0.1, 0.15) is 4.21 Å². The monoisotopic (exact) mass is 330 g/mol. The lowest BCUT2D eigenvalue weighted by Crippen LogP contribution is -2.46. The summed E-state index contributed by atoms with van der Waals surface area (Å²) in [5.74, 6) is 0.397. The Kier molecular flexibility index (Phi) is 5.40. The molecule has 0 radical (unpaired) electrons. The van der Waals surface area contributed by atoms with Gasteiger partial charge in [0.15, 0.2) is 0 Å². The standard InChI is InChI=1S/C14H22N2O3S2/c1-11(2)10-13(17)15-12-5-7-16(8-6-12)21(18,19)14-4-3-9-20-14/h3-4,9,11-12H,5-8,10H2,1-2H3,(H,15,17). The minimum atomic E-state index is -3.35. The largest absolute Gasteiger partial charge is 0.353 e. The zero-order chi connectivity index (χ0) is 15.5. The molecule has 1 aliphatic rings. The summed E-state index contributed by atoms with van der Waals surface area (Å²) in [4.78, 5) is 11.7. The van der Waals surface area contributed by atoms with Gasteiger partial charge in [-0.2, -0.15) is 4.31 Å². The van der Waals surface area contributed by atoms with E-state index in [0.717, 1.165) is 0 Å². The van der Waals surface area contributed by atoms with Crippen molar-refractivity contribution < 1.29 is 13.2 Å². The van der Waals surface area contributed by atoms with Gasteiger partial charge in [-0.05, 0) is 30.2 Å². The second-order valence-electron chi connectivity index (χ2n) is 5.78. The zero-order valence-corrected chi connectivity index (χ0v) is 14.0. The van der Waals surface area contributed by atoms with Gasteiger partial charge in [-0.3, -0.25) is 4.79 Å². The molecule has 0 aromatic carbocycles. The predicted molar refractivity (Wildman–Crippen MR) is 83.7 cm³/mol. The molecule has 118 valence electrons. The highest BCUT2D eigenvalue weighted by Gasteiger charge is 2.30. The molecule has 0 bridgehead atoms. The van der Waals surface area contributed by atoms with Crippen molar-refractivity contribution in [2.24, 2.45) is 5.92 Å². The number of thiophene rings is 1. The van der Waals surface area contributed by atoms with Gasteiger partial charge < -0.3 is 5.32 Å². The molecule has 1 aromatic rings. The van der Waals surface area contributed by atoms with Crippen molar-refractivity contribution in [3.63, 3.8) is 0 Å². The molecule has 0 spiro atoms. The van der Waals surface area contributed by atoms with Gasteiger partial charge in [0, 0.05) is 25.6 Å². The third-order valence-electron chi connectivity index (χ3n) is 3.50. The van der Waals surface area contributed by atoms with Crippen LogP contribution < -0.4 is 5.32 Å². The Balaban J connectivity index is 1.88. The normalized spacial score (nSPS) is 18.0. The lowest BCUT2D eigenvalue weighted by atomic mass is 10.1. The SMILES string of the molecule is CC(C)CC(=O)NC1CCN(S(=O)(=O)c2cccs2)CC1. The molecule has 1 saturated heterocycles. The quantitative estimate of drug-likeness (QED) is 0.899. The van der Waals surface area contributed by atoms with Crippen LogP contribution in [0.15, 0.2) is 21.7 Å². The van der Waals surface area contributed by atoms with Crippen LogP contribution in [0.3, 0.4) is 0 Å². The summed E-state index contributed by atoms with van der Waals surface area (Å²) in [6, 6.07) is 3.47. The number of hydrogen-bond acceptors (Lipinski definition) is 4. The fourth-order valence-electron chi connectivity index (χ4n) is 2.44. The predicted octanol–water partition coefficient (Wildman–Crippen LogP) is 2.06. The minimum absolute atomic E-state index is 0.0598. The molecular formula is C14H22N2O3S2. The molecule has 0 saturated carbocycles. The molecule has 2 rings (SSSR count). The molecule has 21 heavy (non-hydrogen) atoms. The maximum Gasteiger partial charge on any atom is 0.252 e. The first-order valence-corrected chi connectivity index (χ1v) is 9.54. The van der Waals surface area contributed by atoms with E-state index in [0.29, 0.717) is 42.5 Å². The molecule has 0 atom stereocenters. The molecule has 2 heterocycles. The highest BCUT2D eigenvalue weighted by atomic mass is 32.2. The Morgan fingerprint density at radius 3 is 2.62 bits per heavy atom. The van der Waals surface area contributed by atoms with Crippen LogP contribution in [-0.4, -0.2) is 37.8 Å². The number of rotatable bonds is 5. The number of carbonyl (C=O) groups is 1. The van der Waals surface area contributed by atoms with E-state index < -0.39 is 10.0 Å². The number of carbonyl (C=O) groups excluding carboxylic acids is 1. The first-order valence-electron chi connectivity index (χ1n) is 7.22. The summed E-state index contributed by atoms with van der Waals surface area (Å²) < 4.78 is 26.7. The van der Waals surface area contributed by atoms with Crippen LogP contribution in [0.4, 0.5) is 0 Å². The summed E-state index contributed by atoms with van der Waals surface area (Å²) in [6.45, 7) is 4.95. The molecule has 5 nitrogen and oxygen atoms in total. The number of sulfonamides is 1. The first-order chi connectivity index (χ1) is 9.89. The summed E-state index contributed by atoms with van der Waals surface area (Å²) >= 11 is 1.24. The highest BCUT2D eigenvalue weighted by molar-refractivity contribution is 7.91. The van der Waals surface area contributed by atoms with Crippen LogP contribution in [0, 0.1) is 5.92 Å². The minimum Gasteiger partial charge on any atom is -0.353 e. The number of nitrogens with zero attached hydrogens (tertiary/aromatic N) is 1. The Hall–Kier alpha value is -0.920. The molecule has 0 unspecified atom stereocenters. The molecule has 1 fully saturated rings. The summed E-state index contributed by atoms with van der Waals surface area (Å²) in [7, 11) is -3.35. The van der Waals surface area contributed by atoms with Gasteiger partial charge in [-0.1, -0.05) is 19.9 Å². The highest BCUT2D eigenvalue weighted by Crippen LogP contribution is 2.24. The van der Waals surface area contributed by atoms with Gasteiger partial charge in [0.05, 0.1) is 0 Å². The summed E-state index contributed by atoms with van der Waals surface area (Å²) in [5.41, 5.74) is 0. The van der Waals surface area contributed by atoms with Crippen LogP contribution in [-0.2, 0) is 14.8 Å². The van der Waals surface area contributed by atoms with E-state index in [-0.39, 0.29) is 11.9 Å². The van der Waals surface area contributed by atoms with Crippen LogP contribution >= 0.6 is 11.3 Å². The second kappa shape index (κ2) is 6.89. The number of amides is 1. The van der Waals surface area contributed by atoms with Crippen LogP contribution in [0.5, 0.6) is 0 Å². The van der Waals surface area contributed by atoms with Gasteiger partial charge in [0.2, 0.25) is 5.91 Å². The van der Waals surface area contributed by atoms with Gasteiger partial charge >= 0.3 is 0 Å². The lowest BCUT2D eigenvalue weighted by molar-refractivity contribution is -0.122. The Labute approximate surface area is 130 Å². The maximum absolute atomic E-state index is 12.4. The van der Waals surface area contributed by atoms with Crippen LogP contribution in [0.1, 0.15) is 33.1 Å². The molecular weight excluding hydrogens is 308 g/mol. The molecule has 1 aromatic heterocycles. The van der Waals surface area contributed by atoms with E-state index in [9.17, 15) is 13.2 Å². The van der Waals surface area contributed by atoms with Crippen molar-refractivity contribution >= 4 is 27.3 Å². The van der Waals surface area contributed by atoms with Crippen LogP contribution in [0.2, 0.25) is 0 Å². The van der Waals surface area contributed by atoms with Crippen molar-refractivity contribution in [1.82, 2.24) is 9.62 Å². The maximum atomic E-state index is 12.4. The van der Waals surface area contributed by atoms with E-state index in [1.165, 1.54) is 15.6 Å². The van der Waals surface area contributed by atoms with Crippen molar-refractivity contribution in [1.29, 1.82) is 0 Å². The Morgan fingerprint density at radius 1 is 1.43 bits per heavy atom. The van der Waals surface area contributed by atoms with Gasteiger partial charge in [-0.25, -0.2) is 8.42 Å². The zero-order valence-electron chi connectivity index (χ0n) is 12.4. The lowest BCUT2D eigenvalue weighted by Gasteiger charge is -2.31. The topological polar surface area (TPSA) is 66.5 Å². The van der Waals surface area contributed by atoms with Crippen molar-refractivity contribution in [3.05, 3.63) is 17.5 Å². The Bertz CT molecular complexity index is 559. The van der Waals surface area contributed by atoms with E-state index in [4.69, 9.17) is 0 Å². The van der Waals surface area contributed by atoms with E-state index in [2.05, 4.69) is 5.32 Å². The fraction of sp³-hybridized carbons (Fsp3) is 0.643. The molecule has 1 amide bonds. The molecule has 1 aliphatic heterocycles. The first kappa shape index (κ1) is 16.5. The third kappa shape index (κ3) is 4.28. The third-order valence-corrected chi connectivity index (χ3v) is 6.77.